The maximum Gasteiger partial charge on any atom is 0.494 e. The summed E-state index contributed by atoms with van der Waals surface area (Å²) in [5, 5.41) is 13.2. The van der Waals surface area contributed by atoms with E-state index in [2.05, 4.69) is 10.6 Å². The summed E-state index contributed by atoms with van der Waals surface area (Å²) in [6.45, 7) is 7.96. The van der Waals surface area contributed by atoms with E-state index >= 15 is 0 Å². The van der Waals surface area contributed by atoms with Crippen molar-refractivity contribution in [3.63, 3.8) is 0 Å². The lowest BCUT2D eigenvalue weighted by molar-refractivity contribution is -0.112. The number of carbonyl (C=O) groups excluding carboxylic acids is 1. The Balaban J connectivity index is 2.19. The minimum absolute atomic E-state index is 0.0936. The first-order valence-corrected chi connectivity index (χ1v) is 8.38. The Morgan fingerprint density at radius 1 is 1.23 bits per heavy atom. The number of rotatable bonds is 5. The number of ether oxygens (including phenoxy) is 1. The van der Waals surface area contributed by atoms with E-state index in [4.69, 9.17) is 19.5 Å². The van der Waals surface area contributed by atoms with Gasteiger partial charge in [0, 0.05) is 18.9 Å². The zero-order valence-corrected chi connectivity index (χ0v) is 16.1. The molecule has 0 saturated carbocycles. The van der Waals surface area contributed by atoms with Crippen molar-refractivity contribution in [1.82, 2.24) is 5.32 Å². The average molecular weight is 359 g/mol. The number of hydrogen-bond donors (Lipinski definition) is 3. The first-order valence-electron chi connectivity index (χ1n) is 8.38. The van der Waals surface area contributed by atoms with Crippen molar-refractivity contribution in [1.29, 1.82) is 5.41 Å². The second-order valence-electron chi connectivity index (χ2n) is 7.05. The van der Waals surface area contributed by atoms with Crippen molar-refractivity contribution >= 4 is 30.1 Å². The van der Waals surface area contributed by atoms with Crippen LogP contribution in [-0.2, 0) is 18.8 Å². The molecular weight excluding hydrogens is 333 g/mol. The molecule has 1 fully saturated rings. The van der Waals surface area contributed by atoms with E-state index in [0.29, 0.717) is 5.69 Å². The largest absolute Gasteiger partial charge is 0.494 e. The molecule has 0 aromatic heterocycles. The van der Waals surface area contributed by atoms with E-state index < -0.39 is 24.2 Å². The van der Waals surface area contributed by atoms with Gasteiger partial charge in [-0.15, -0.1) is 0 Å². The summed E-state index contributed by atoms with van der Waals surface area (Å²) in [6, 6.07) is 7.27. The van der Waals surface area contributed by atoms with Crippen molar-refractivity contribution < 1.29 is 18.8 Å². The second kappa shape index (κ2) is 7.51. The fraction of sp³-hybridized carbons (Fsp3) is 0.444. The van der Waals surface area contributed by atoms with E-state index in [1.165, 1.54) is 13.3 Å². The standard InChI is InChI=1S/C18H26BN3O4/c1-17(2)18(3,4)26-19(25-17)12-8-7-9-13(10-12)22-16(23)14(11-21-5)15(20)24-6/h7-11,20-21H,1-6H3,(H,22,23)/b14-11+,20-15?. The number of methoxy groups -OCH3 is 1. The molecule has 0 spiro atoms. The van der Waals surface area contributed by atoms with Gasteiger partial charge in [-0.05, 0) is 45.3 Å². The molecule has 0 atom stereocenters. The fourth-order valence-corrected chi connectivity index (χ4v) is 2.43. The highest BCUT2D eigenvalue weighted by molar-refractivity contribution is 6.62. The molecule has 2 rings (SSSR count). The van der Waals surface area contributed by atoms with Crippen molar-refractivity contribution in [2.75, 3.05) is 19.5 Å². The third-order valence-electron chi connectivity index (χ3n) is 4.65. The number of benzene rings is 1. The first kappa shape index (κ1) is 20.0. The van der Waals surface area contributed by atoms with Gasteiger partial charge in [0.25, 0.3) is 5.91 Å². The molecule has 1 heterocycles. The number of nitrogens with one attached hydrogen (secondary N) is 3. The van der Waals surface area contributed by atoms with Gasteiger partial charge in [0.15, 0.2) is 0 Å². The molecule has 1 aromatic rings. The summed E-state index contributed by atoms with van der Waals surface area (Å²) in [7, 11) is 2.48. The number of hydrogen-bond acceptors (Lipinski definition) is 6. The summed E-state index contributed by atoms with van der Waals surface area (Å²) in [4.78, 5) is 12.4. The van der Waals surface area contributed by atoms with Crippen LogP contribution in [0.25, 0.3) is 0 Å². The SMILES string of the molecule is CN/C=C(\C(=N)OC)C(=O)Nc1cccc(B2OC(C)(C)C(C)(C)O2)c1. The smallest absolute Gasteiger partial charge is 0.481 e. The van der Waals surface area contributed by atoms with Gasteiger partial charge >= 0.3 is 7.12 Å². The van der Waals surface area contributed by atoms with Gasteiger partial charge in [-0.2, -0.15) is 0 Å². The average Bonchev–Trinajstić information content (AvgIpc) is 2.80. The van der Waals surface area contributed by atoms with Gasteiger partial charge in [0.1, 0.15) is 5.57 Å². The van der Waals surface area contributed by atoms with E-state index in [1.807, 2.05) is 39.8 Å². The molecule has 1 aliphatic rings. The van der Waals surface area contributed by atoms with Crippen LogP contribution >= 0.6 is 0 Å². The molecule has 1 aliphatic heterocycles. The van der Waals surface area contributed by atoms with Crippen molar-refractivity contribution in [2.45, 2.75) is 38.9 Å². The Hall–Kier alpha value is -2.32. The van der Waals surface area contributed by atoms with Crippen LogP contribution in [0.15, 0.2) is 36.0 Å². The molecule has 8 heteroatoms. The molecule has 0 unspecified atom stereocenters. The van der Waals surface area contributed by atoms with Crippen molar-refractivity contribution in [2.24, 2.45) is 0 Å². The molecule has 140 valence electrons. The Kier molecular flexibility index (Phi) is 5.78. The van der Waals surface area contributed by atoms with Crippen LogP contribution in [0.4, 0.5) is 5.69 Å². The fourth-order valence-electron chi connectivity index (χ4n) is 2.43. The summed E-state index contributed by atoms with van der Waals surface area (Å²) < 4.78 is 16.9. The molecule has 0 aliphatic carbocycles. The Bertz CT molecular complexity index is 715. The molecule has 1 aromatic carbocycles. The summed E-state index contributed by atoms with van der Waals surface area (Å²) in [5.41, 5.74) is 0.604. The summed E-state index contributed by atoms with van der Waals surface area (Å²) in [6.07, 6.45) is 1.42. The van der Waals surface area contributed by atoms with Crippen LogP contribution in [0.1, 0.15) is 27.7 Å². The van der Waals surface area contributed by atoms with Crippen LogP contribution in [0, 0.1) is 5.41 Å². The molecule has 7 nitrogen and oxygen atoms in total. The molecule has 1 amide bonds. The van der Waals surface area contributed by atoms with Crippen LogP contribution in [0.2, 0.25) is 0 Å². The predicted octanol–water partition coefficient (Wildman–Crippen LogP) is 1.65. The Labute approximate surface area is 154 Å². The van der Waals surface area contributed by atoms with Crippen LogP contribution in [-0.4, -0.2) is 44.3 Å². The number of amides is 1. The maximum absolute atomic E-state index is 12.4. The van der Waals surface area contributed by atoms with Gasteiger partial charge in [-0.25, -0.2) is 0 Å². The maximum atomic E-state index is 12.4. The molecule has 1 saturated heterocycles. The summed E-state index contributed by atoms with van der Waals surface area (Å²) >= 11 is 0. The first-order chi connectivity index (χ1) is 12.1. The quantitative estimate of drug-likeness (QED) is 0.322. The van der Waals surface area contributed by atoms with Gasteiger partial charge in [-0.3, -0.25) is 10.2 Å². The minimum atomic E-state index is -0.513. The van der Waals surface area contributed by atoms with E-state index in [9.17, 15) is 4.79 Å². The zero-order valence-electron chi connectivity index (χ0n) is 16.1. The number of anilines is 1. The Morgan fingerprint density at radius 3 is 2.38 bits per heavy atom. The van der Waals surface area contributed by atoms with Gasteiger partial charge in [0.05, 0.1) is 18.3 Å². The summed E-state index contributed by atoms with van der Waals surface area (Å²) in [5.74, 6) is -0.670. The van der Waals surface area contributed by atoms with E-state index in [1.54, 1.807) is 19.2 Å². The molecule has 26 heavy (non-hydrogen) atoms. The predicted molar refractivity (Wildman–Crippen MR) is 103 cm³/mol. The van der Waals surface area contributed by atoms with Crippen molar-refractivity contribution in [3.8, 4) is 0 Å². The van der Waals surface area contributed by atoms with Crippen LogP contribution < -0.4 is 16.1 Å². The Morgan fingerprint density at radius 2 is 1.85 bits per heavy atom. The highest BCUT2D eigenvalue weighted by Crippen LogP contribution is 2.36. The van der Waals surface area contributed by atoms with E-state index in [0.717, 1.165) is 5.46 Å². The van der Waals surface area contributed by atoms with Crippen LogP contribution in [0.3, 0.4) is 0 Å². The lowest BCUT2D eigenvalue weighted by Crippen LogP contribution is -2.41. The monoisotopic (exact) mass is 359 g/mol. The molecule has 0 radical (unpaired) electrons. The highest BCUT2D eigenvalue weighted by atomic mass is 16.7. The normalized spacial score (nSPS) is 18.4. The third kappa shape index (κ3) is 4.08. The second-order valence-corrected chi connectivity index (χ2v) is 7.05. The van der Waals surface area contributed by atoms with Crippen LogP contribution in [0.5, 0.6) is 0 Å². The van der Waals surface area contributed by atoms with E-state index in [-0.39, 0.29) is 11.5 Å². The number of carbonyl (C=O) groups is 1. The van der Waals surface area contributed by atoms with Gasteiger partial charge < -0.3 is 24.7 Å². The third-order valence-corrected chi connectivity index (χ3v) is 4.65. The highest BCUT2D eigenvalue weighted by Gasteiger charge is 2.51. The molecule has 0 bridgehead atoms. The van der Waals surface area contributed by atoms with Gasteiger partial charge in [-0.1, -0.05) is 12.1 Å². The topological polar surface area (TPSA) is 92.7 Å². The molecular formula is C18H26BN3O4. The minimum Gasteiger partial charge on any atom is -0.481 e. The van der Waals surface area contributed by atoms with Gasteiger partial charge in [0.2, 0.25) is 5.90 Å². The zero-order chi connectivity index (χ0) is 19.5. The molecule has 3 N–H and O–H groups in total. The lowest BCUT2D eigenvalue weighted by Gasteiger charge is -2.32. The van der Waals surface area contributed by atoms with Crippen molar-refractivity contribution in [3.05, 3.63) is 36.0 Å². The lowest BCUT2D eigenvalue weighted by atomic mass is 9.79.